The minimum Gasteiger partial charge on any atom is -0.481 e. The summed E-state index contributed by atoms with van der Waals surface area (Å²) in [6.07, 6.45) is 5.69. The third-order valence-corrected chi connectivity index (χ3v) is 3.12. The number of nitrogens with one attached hydrogen (secondary N) is 1. The third kappa shape index (κ3) is 5.06. The Kier molecular flexibility index (Phi) is 5.80. The van der Waals surface area contributed by atoms with Crippen molar-refractivity contribution in [3.05, 3.63) is 0 Å². The second-order valence-corrected chi connectivity index (χ2v) is 4.68. The number of hydrogen-bond acceptors (Lipinski definition) is 2. The molecule has 1 fully saturated rings. The molecular weight excluding hydrogens is 220 g/mol. The molecule has 2 N–H and O–H groups in total. The van der Waals surface area contributed by atoms with Crippen molar-refractivity contribution in [1.82, 2.24) is 10.2 Å². The highest BCUT2D eigenvalue weighted by molar-refractivity contribution is 5.75. The van der Waals surface area contributed by atoms with Crippen LogP contribution in [0.2, 0.25) is 0 Å². The molecule has 5 nitrogen and oxygen atoms in total. The summed E-state index contributed by atoms with van der Waals surface area (Å²) >= 11 is 0. The minimum atomic E-state index is -0.877. The minimum absolute atomic E-state index is 0.125. The van der Waals surface area contributed by atoms with Gasteiger partial charge in [-0.05, 0) is 12.8 Å². The summed E-state index contributed by atoms with van der Waals surface area (Å²) in [7, 11) is 0. The second kappa shape index (κ2) is 7.14. The Morgan fingerprint density at radius 2 is 1.71 bits per heavy atom. The van der Waals surface area contributed by atoms with Gasteiger partial charge in [-0.2, -0.15) is 0 Å². The molecular formula is C12H22N2O3. The van der Waals surface area contributed by atoms with Gasteiger partial charge in [-0.3, -0.25) is 4.79 Å². The molecule has 17 heavy (non-hydrogen) atoms. The molecule has 0 aromatic carbocycles. The highest BCUT2D eigenvalue weighted by Gasteiger charge is 2.17. The van der Waals surface area contributed by atoms with Crippen LogP contribution in [0.3, 0.4) is 0 Å². The SMILES string of the molecule is CC(CNC(=O)N1CCCCCCC1)C(=O)O. The van der Waals surface area contributed by atoms with E-state index in [0.29, 0.717) is 0 Å². The second-order valence-electron chi connectivity index (χ2n) is 4.68. The first-order valence-corrected chi connectivity index (χ1v) is 6.37. The summed E-state index contributed by atoms with van der Waals surface area (Å²) in [4.78, 5) is 24.2. The third-order valence-electron chi connectivity index (χ3n) is 3.12. The van der Waals surface area contributed by atoms with Gasteiger partial charge in [0.25, 0.3) is 0 Å². The maximum absolute atomic E-state index is 11.8. The lowest BCUT2D eigenvalue weighted by molar-refractivity contribution is -0.140. The van der Waals surface area contributed by atoms with Crippen molar-refractivity contribution < 1.29 is 14.7 Å². The fraction of sp³-hybridized carbons (Fsp3) is 0.833. The summed E-state index contributed by atoms with van der Waals surface area (Å²) in [5, 5.41) is 11.4. The normalized spacial score (nSPS) is 19.0. The standard InChI is InChI=1S/C12H22N2O3/c1-10(11(15)16)9-13-12(17)14-7-5-3-2-4-6-8-14/h10H,2-9H2,1H3,(H,13,17)(H,15,16). The van der Waals surface area contributed by atoms with Crippen LogP contribution in [0.15, 0.2) is 0 Å². The average Bonchev–Trinajstić information content (AvgIpc) is 2.24. The van der Waals surface area contributed by atoms with Crippen molar-refractivity contribution in [1.29, 1.82) is 0 Å². The lowest BCUT2D eigenvalue weighted by Crippen LogP contribution is -2.43. The summed E-state index contributed by atoms with van der Waals surface area (Å²) in [5.41, 5.74) is 0. The molecule has 1 aliphatic rings. The van der Waals surface area contributed by atoms with Gasteiger partial charge in [-0.1, -0.05) is 26.2 Å². The summed E-state index contributed by atoms with van der Waals surface area (Å²) in [6, 6.07) is -0.125. The van der Waals surface area contributed by atoms with Crippen molar-refractivity contribution in [2.24, 2.45) is 5.92 Å². The Bertz CT molecular complexity index is 260. The molecule has 1 heterocycles. The van der Waals surface area contributed by atoms with E-state index < -0.39 is 11.9 Å². The number of aliphatic carboxylic acids is 1. The highest BCUT2D eigenvalue weighted by atomic mass is 16.4. The quantitative estimate of drug-likeness (QED) is 0.791. The molecule has 0 spiro atoms. The van der Waals surface area contributed by atoms with E-state index in [4.69, 9.17) is 5.11 Å². The van der Waals surface area contributed by atoms with E-state index in [-0.39, 0.29) is 12.6 Å². The average molecular weight is 242 g/mol. The van der Waals surface area contributed by atoms with Crippen LogP contribution in [0.1, 0.15) is 39.0 Å². The van der Waals surface area contributed by atoms with Crippen LogP contribution in [-0.4, -0.2) is 41.6 Å². The molecule has 0 aromatic heterocycles. The zero-order chi connectivity index (χ0) is 12.7. The van der Waals surface area contributed by atoms with Crippen molar-refractivity contribution in [3.63, 3.8) is 0 Å². The van der Waals surface area contributed by atoms with Crippen LogP contribution in [0.4, 0.5) is 4.79 Å². The van der Waals surface area contributed by atoms with E-state index in [9.17, 15) is 9.59 Å². The van der Waals surface area contributed by atoms with Crippen molar-refractivity contribution in [2.45, 2.75) is 39.0 Å². The molecule has 1 unspecified atom stereocenters. The molecule has 5 heteroatoms. The van der Waals surface area contributed by atoms with E-state index in [0.717, 1.165) is 25.9 Å². The molecule has 0 aromatic rings. The number of carboxylic acids is 1. The number of urea groups is 1. The molecule has 98 valence electrons. The Balaban J connectivity index is 2.32. The van der Waals surface area contributed by atoms with Gasteiger partial charge in [-0.15, -0.1) is 0 Å². The maximum Gasteiger partial charge on any atom is 0.317 e. The first-order valence-electron chi connectivity index (χ1n) is 6.37. The first-order chi connectivity index (χ1) is 8.11. The fourth-order valence-electron chi connectivity index (χ4n) is 1.89. The van der Waals surface area contributed by atoms with Crippen LogP contribution in [0.25, 0.3) is 0 Å². The summed E-state index contributed by atoms with van der Waals surface area (Å²) in [6.45, 7) is 3.36. The van der Waals surface area contributed by atoms with Gasteiger partial charge in [0.05, 0.1) is 5.92 Å². The monoisotopic (exact) mass is 242 g/mol. The molecule has 2 amide bonds. The Morgan fingerprint density at radius 1 is 1.18 bits per heavy atom. The van der Waals surface area contributed by atoms with E-state index in [1.807, 2.05) is 0 Å². The molecule has 0 bridgehead atoms. The number of amides is 2. The number of carbonyl (C=O) groups excluding carboxylic acids is 1. The number of likely N-dealkylation sites (tertiary alicyclic amines) is 1. The van der Waals surface area contributed by atoms with Crippen LogP contribution in [0, 0.1) is 5.92 Å². The van der Waals surface area contributed by atoms with Crippen LogP contribution in [-0.2, 0) is 4.79 Å². The number of nitrogens with zero attached hydrogens (tertiary/aromatic N) is 1. The number of carboxylic acid groups (broad SMARTS) is 1. The first kappa shape index (κ1) is 13.8. The molecule has 0 saturated carbocycles. The topological polar surface area (TPSA) is 69.6 Å². The van der Waals surface area contributed by atoms with E-state index in [2.05, 4.69) is 5.32 Å². The molecule has 0 aliphatic carbocycles. The largest absolute Gasteiger partial charge is 0.481 e. The highest BCUT2D eigenvalue weighted by Crippen LogP contribution is 2.10. The van der Waals surface area contributed by atoms with Crippen LogP contribution < -0.4 is 5.32 Å². The lowest BCUT2D eigenvalue weighted by atomic mass is 10.1. The van der Waals surface area contributed by atoms with Gasteiger partial charge >= 0.3 is 12.0 Å². The van der Waals surface area contributed by atoms with Gasteiger partial charge in [0.2, 0.25) is 0 Å². The van der Waals surface area contributed by atoms with Crippen LogP contribution >= 0.6 is 0 Å². The number of rotatable bonds is 3. The summed E-state index contributed by atoms with van der Waals surface area (Å²) in [5.74, 6) is -1.41. The predicted molar refractivity (Wildman–Crippen MR) is 64.9 cm³/mol. The van der Waals surface area contributed by atoms with Crippen molar-refractivity contribution in [3.8, 4) is 0 Å². The number of hydrogen-bond donors (Lipinski definition) is 2. The van der Waals surface area contributed by atoms with Gasteiger partial charge in [0, 0.05) is 19.6 Å². The zero-order valence-electron chi connectivity index (χ0n) is 10.4. The molecule has 1 atom stereocenters. The predicted octanol–water partition coefficient (Wildman–Crippen LogP) is 1.68. The van der Waals surface area contributed by atoms with E-state index >= 15 is 0 Å². The molecule has 0 radical (unpaired) electrons. The van der Waals surface area contributed by atoms with E-state index in [1.165, 1.54) is 19.3 Å². The smallest absolute Gasteiger partial charge is 0.317 e. The van der Waals surface area contributed by atoms with Gasteiger partial charge in [0.15, 0.2) is 0 Å². The zero-order valence-corrected chi connectivity index (χ0v) is 10.4. The Labute approximate surface area is 102 Å². The number of carbonyl (C=O) groups is 2. The van der Waals surface area contributed by atoms with Gasteiger partial charge in [0.1, 0.15) is 0 Å². The Hall–Kier alpha value is -1.26. The van der Waals surface area contributed by atoms with Crippen LogP contribution in [0.5, 0.6) is 0 Å². The van der Waals surface area contributed by atoms with Gasteiger partial charge < -0.3 is 15.3 Å². The molecule has 1 rings (SSSR count). The van der Waals surface area contributed by atoms with Crippen molar-refractivity contribution >= 4 is 12.0 Å². The molecule has 1 saturated heterocycles. The fourth-order valence-corrected chi connectivity index (χ4v) is 1.89. The maximum atomic E-state index is 11.8. The summed E-state index contributed by atoms with van der Waals surface area (Å²) < 4.78 is 0. The lowest BCUT2D eigenvalue weighted by Gasteiger charge is -2.25. The Morgan fingerprint density at radius 3 is 2.24 bits per heavy atom. The van der Waals surface area contributed by atoms with Crippen molar-refractivity contribution in [2.75, 3.05) is 19.6 Å². The molecule has 1 aliphatic heterocycles. The van der Waals surface area contributed by atoms with Gasteiger partial charge in [-0.25, -0.2) is 4.79 Å². The van der Waals surface area contributed by atoms with E-state index in [1.54, 1.807) is 11.8 Å².